The fraction of sp³-hybridized carbons (Fsp3) is 0.267. The van der Waals surface area contributed by atoms with Crippen LogP contribution in [-0.2, 0) is 12.7 Å². The van der Waals surface area contributed by atoms with E-state index < -0.39 is 17.6 Å². The van der Waals surface area contributed by atoms with Gasteiger partial charge in [0.15, 0.2) is 0 Å². The summed E-state index contributed by atoms with van der Waals surface area (Å²) in [6.45, 7) is 1.08. The van der Waals surface area contributed by atoms with Crippen LogP contribution in [0, 0.1) is 11.8 Å². The standard InChI is InChI=1S/C15H13F3N2O3/c1-9-11(14(22)19-23)8-20(6-7-21)13(9)10-4-2-3-5-12(10)15(16,17)18/h2-5,8,21H,6-7H2,1H3. The van der Waals surface area contributed by atoms with Crippen molar-refractivity contribution in [2.24, 2.45) is 5.18 Å². The number of carbonyl (C=O) groups is 1. The Morgan fingerprint density at radius 2 is 1.96 bits per heavy atom. The van der Waals surface area contributed by atoms with Gasteiger partial charge < -0.3 is 9.67 Å². The molecular weight excluding hydrogens is 313 g/mol. The first kappa shape index (κ1) is 16.9. The van der Waals surface area contributed by atoms with Gasteiger partial charge in [-0.05, 0) is 18.6 Å². The van der Waals surface area contributed by atoms with E-state index in [1.54, 1.807) is 0 Å². The lowest BCUT2D eigenvalue weighted by atomic mass is 10.00. The monoisotopic (exact) mass is 326 g/mol. The minimum atomic E-state index is -4.58. The Bertz CT molecular complexity index is 751. The fourth-order valence-electron chi connectivity index (χ4n) is 2.50. The van der Waals surface area contributed by atoms with Crippen LogP contribution in [0.1, 0.15) is 21.5 Å². The van der Waals surface area contributed by atoms with Crippen molar-refractivity contribution in [2.45, 2.75) is 19.6 Å². The lowest BCUT2D eigenvalue weighted by molar-refractivity contribution is -0.137. The molecule has 1 aromatic heterocycles. The second kappa shape index (κ2) is 6.33. The highest BCUT2D eigenvalue weighted by molar-refractivity contribution is 5.98. The van der Waals surface area contributed by atoms with Crippen molar-refractivity contribution in [3.8, 4) is 11.3 Å². The van der Waals surface area contributed by atoms with Crippen molar-refractivity contribution >= 4 is 5.91 Å². The van der Waals surface area contributed by atoms with E-state index in [1.807, 2.05) is 0 Å². The van der Waals surface area contributed by atoms with Crippen LogP contribution in [0.5, 0.6) is 0 Å². The van der Waals surface area contributed by atoms with Gasteiger partial charge >= 0.3 is 12.1 Å². The summed E-state index contributed by atoms with van der Waals surface area (Å²) in [5.41, 5.74) is -0.742. The molecule has 0 atom stereocenters. The van der Waals surface area contributed by atoms with Crippen molar-refractivity contribution in [2.75, 3.05) is 6.61 Å². The number of aromatic nitrogens is 1. The molecule has 8 heteroatoms. The van der Waals surface area contributed by atoms with Crippen LogP contribution in [0.25, 0.3) is 11.3 Å². The summed E-state index contributed by atoms with van der Waals surface area (Å²) < 4.78 is 41.0. The smallest absolute Gasteiger partial charge is 0.395 e. The number of rotatable bonds is 4. The molecule has 122 valence electrons. The second-order valence-corrected chi connectivity index (χ2v) is 4.87. The molecule has 1 heterocycles. The zero-order chi connectivity index (χ0) is 17.2. The number of nitrogens with zero attached hydrogens (tertiary/aromatic N) is 2. The highest BCUT2D eigenvalue weighted by Crippen LogP contribution is 2.39. The summed E-state index contributed by atoms with van der Waals surface area (Å²) in [5, 5.41) is 11.4. The number of aliphatic hydroxyl groups is 1. The predicted molar refractivity (Wildman–Crippen MR) is 76.8 cm³/mol. The van der Waals surface area contributed by atoms with Crippen LogP contribution in [0.15, 0.2) is 35.6 Å². The van der Waals surface area contributed by atoms with Gasteiger partial charge in [-0.15, -0.1) is 4.91 Å². The second-order valence-electron chi connectivity index (χ2n) is 4.87. The molecule has 0 bridgehead atoms. The number of halogens is 3. The quantitative estimate of drug-likeness (QED) is 0.876. The van der Waals surface area contributed by atoms with Crippen LogP contribution in [0.4, 0.5) is 13.2 Å². The number of carbonyl (C=O) groups excluding carboxylic acids is 1. The highest BCUT2D eigenvalue weighted by atomic mass is 19.4. The molecule has 0 saturated carbocycles. The number of hydrogen-bond acceptors (Lipinski definition) is 3. The van der Waals surface area contributed by atoms with E-state index in [1.165, 1.54) is 35.9 Å². The third-order valence-electron chi connectivity index (χ3n) is 3.47. The van der Waals surface area contributed by atoms with Crippen molar-refractivity contribution in [1.82, 2.24) is 4.57 Å². The van der Waals surface area contributed by atoms with Crippen LogP contribution in [0.3, 0.4) is 0 Å². The fourth-order valence-corrected chi connectivity index (χ4v) is 2.50. The van der Waals surface area contributed by atoms with Gasteiger partial charge in [-0.1, -0.05) is 18.2 Å². The number of amides is 1. The maximum atomic E-state index is 13.2. The Balaban J connectivity index is 2.75. The van der Waals surface area contributed by atoms with Gasteiger partial charge in [0.2, 0.25) is 0 Å². The van der Waals surface area contributed by atoms with Crippen molar-refractivity contribution in [3.05, 3.63) is 52.1 Å². The summed E-state index contributed by atoms with van der Waals surface area (Å²) in [7, 11) is 0. The molecule has 0 aliphatic carbocycles. The van der Waals surface area contributed by atoms with E-state index >= 15 is 0 Å². The Morgan fingerprint density at radius 1 is 1.30 bits per heavy atom. The highest BCUT2D eigenvalue weighted by Gasteiger charge is 2.35. The van der Waals surface area contributed by atoms with Crippen molar-refractivity contribution in [3.63, 3.8) is 0 Å². The Morgan fingerprint density at radius 3 is 2.52 bits per heavy atom. The van der Waals surface area contributed by atoms with E-state index in [0.29, 0.717) is 0 Å². The van der Waals surface area contributed by atoms with E-state index in [2.05, 4.69) is 5.18 Å². The van der Waals surface area contributed by atoms with Gasteiger partial charge in [0, 0.05) is 23.5 Å². The summed E-state index contributed by atoms with van der Waals surface area (Å²) in [4.78, 5) is 22.0. The van der Waals surface area contributed by atoms with Gasteiger partial charge in [0.05, 0.1) is 23.4 Å². The van der Waals surface area contributed by atoms with Gasteiger partial charge in [0.25, 0.3) is 0 Å². The Kier molecular flexibility index (Phi) is 4.65. The summed E-state index contributed by atoms with van der Waals surface area (Å²) in [5.74, 6) is -1.06. The maximum Gasteiger partial charge on any atom is 0.417 e. The first-order valence-corrected chi connectivity index (χ1v) is 6.66. The zero-order valence-corrected chi connectivity index (χ0v) is 12.1. The molecule has 1 N–H and O–H groups in total. The van der Waals surface area contributed by atoms with E-state index in [-0.39, 0.29) is 35.5 Å². The van der Waals surface area contributed by atoms with Gasteiger partial charge in [-0.3, -0.25) is 4.79 Å². The van der Waals surface area contributed by atoms with Crippen LogP contribution in [0.2, 0.25) is 0 Å². The molecule has 0 unspecified atom stereocenters. The zero-order valence-electron chi connectivity index (χ0n) is 12.1. The molecule has 0 aliphatic heterocycles. The normalized spacial score (nSPS) is 11.5. The molecule has 23 heavy (non-hydrogen) atoms. The number of alkyl halides is 3. The molecule has 0 saturated heterocycles. The molecule has 5 nitrogen and oxygen atoms in total. The molecule has 1 aromatic carbocycles. The van der Waals surface area contributed by atoms with Gasteiger partial charge in [0.1, 0.15) is 0 Å². The number of nitroso groups, excluding NO2 is 1. The number of aliphatic hydroxyl groups excluding tert-OH is 1. The van der Waals surface area contributed by atoms with E-state index in [9.17, 15) is 22.9 Å². The minimum Gasteiger partial charge on any atom is -0.395 e. The average molecular weight is 326 g/mol. The molecule has 2 aromatic rings. The van der Waals surface area contributed by atoms with Gasteiger partial charge in [-0.2, -0.15) is 13.2 Å². The lowest BCUT2D eigenvalue weighted by Gasteiger charge is -2.15. The molecule has 1 amide bonds. The number of benzene rings is 1. The SMILES string of the molecule is Cc1c(C(=O)N=O)cn(CCO)c1-c1ccccc1C(F)(F)F. The average Bonchev–Trinajstić information content (AvgIpc) is 2.82. The Hall–Kier alpha value is -2.48. The third kappa shape index (κ3) is 3.16. The van der Waals surface area contributed by atoms with Crippen molar-refractivity contribution < 1.29 is 23.1 Å². The van der Waals surface area contributed by atoms with Crippen molar-refractivity contribution in [1.29, 1.82) is 0 Å². The summed E-state index contributed by atoms with van der Waals surface area (Å²) in [6.07, 6.45) is -3.35. The molecule has 0 radical (unpaired) electrons. The maximum absolute atomic E-state index is 13.2. The molecule has 0 aliphatic rings. The van der Waals surface area contributed by atoms with E-state index in [4.69, 9.17) is 5.11 Å². The van der Waals surface area contributed by atoms with Crippen LogP contribution < -0.4 is 0 Å². The molecule has 0 spiro atoms. The Labute approximate surface area is 129 Å². The lowest BCUT2D eigenvalue weighted by Crippen LogP contribution is -2.10. The van der Waals surface area contributed by atoms with Crippen LogP contribution >= 0.6 is 0 Å². The first-order chi connectivity index (χ1) is 10.8. The third-order valence-corrected chi connectivity index (χ3v) is 3.47. The molecular formula is C15H13F3N2O3. The number of hydrogen-bond donors (Lipinski definition) is 1. The summed E-state index contributed by atoms with van der Waals surface area (Å²) in [6, 6.07) is 4.92. The topological polar surface area (TPSA) is 71.7 Å². The minimum absolute atomic E-state index is 0.0193. The van der Waals surface area contributed by atoms with E-state index in [0.717, 1.165) is 6.07 Å². The molecule has 0 fully saturated rings. The van der Waals surface area contributed by atoms with Crippen LogP contribution in [-0.4, -0.2) is 22.2 Å². The molecule has 2 rings (SSSR count). The first-order valence-electron chi connectivity index (χ1n) is 6.66. The largest absolute Gasteiger partial charge is 0.417 e. The van der Waals surface area contributed by atoms with Gasteiger partial charge in [-0.25, -0.2) is 0 Å². The summed E-state index contributed by atoms with van der Waals surface area (Å²) >= 11 is 0. The predicted octanol–water partition coefficient (Wildman–Crippen LogP) is 3.38.